The van der Waals surface area contributed by atoms with Crippen molar-refractivity contribution in [3.05, 3.63) is 0 Å². The Morgan fingerprint density at radius 3 is 2.81 bits per heavy atom. The van der Waals surface area contributed by atoms with E-state index in [0.29, 0.717) is 18.6 Å². The third-order valence-electron chi connectivity index (χ3n) is 3.63. The first kappa shape index (κ1) is 11.7. The lowest BCUT2D eigenvalue weighted by Crippen LogP contribution is -2.43. The van der Waals surface area contributed by atoms with Crippen molar-refractivity contribution < 1.29 is 4.79 Å². The van der Waals surface area contributed by atoms with Crippen LogP contribution in [0.5, 0.6) is 0 Å². The number of carbonyl (C=O) groups is 1. The lowest BCUT2D eigenvalue weighted by Gasteiger charge is -2.20. The molecule has 1 heterocycles. The molecule has 1 saturated heterocycles. The molecule has 2 rings (SSSR count). The van der Waals surface area contributed by atoms with E-state index in [2.05, 4.69) is 17.6 Å². The first-order chi connectivity index (χ1) is 7.70. The Hall–Kier alpha value is -0.770. The van der Waals surface area contributed by atoms with Gasteiger partial charge in [0, 0.05) is 31.7 Å². The number of rotatable bonds is 4. The molecular weight excluding hydrogens is 202 g/mol. The first-order valence-corrected chi connectivity index (χ1v) is 6.49. The molecule has 4 heteroatoms. The monoisotopic (exact) mass is 225 g/mol. The van der Waals surface area contributed by atoms with Gasteiger partial charge in [0.25, 0.3) is 0 Å². The van der Waals surface area contributed by atoms with E-state index in [1.54, 1.807) is 0 Å². The highest BCUT2D eigenvalue weighted by molar-refractivity contribution is 5.74. The molecule has 0 aromatic rings. The van der Waals surface area contributed by atoms with E-state index in [9.17, 15) is 4.79 Å². The summed E-state index contributed by atoms with van der Waals surface area (Å²) in [5.41, 5.74) is 0. The van der Waals surface area contributed by atoms with Gasteiger partial charge in [-0.2, -0.15) is 0 Å². The fourth-order valence-electron chi connectivity index (χ4n) is 2.45. The van der Waals surface area contributed by atoms with Gasteiger partial charge in [-0.3, -0.25) is 0 Å². The third kappa shape index (κ3) is 2.88. The predicted octanol–water partition coefficient (Wildman–Crippen LogP) is 1.18. The molecule has 92 valence electrons. The summed E-state index contributed by atoms with van der Waals surface area (Å²) >= 11 is 0. The van der Waals surface area contributed by atoms with Crippen LogP contribution in [-0.4, -0.2) is 42.6 Å². The van der Waals surface area contributed by atoms with Crippen LogP contribution >= 0.6 is 0 Å². The Bertz CT molecular complexity index is 253. The minimum absolute atomic E-state index is 0.0888. The molecule has 2 atom stereocenters. The molecule has 1 aliphatic carbocycles. The summed E-state index contributed by atoms with van der Waals surface area (Å²) in [6.45, 7) is 6.70. The number of hydrogen-bond acceptors (Lipinski definition) is 2. The van der Waals surface area contributed by atoms with E-state index in [1.165, 1.54) is 12.8 Å². The van der Waals surface area contributed by atoms with E-state index >= 15 is 0 Å². The van der Waals surface area contributed by atoms with Gasteiger partial charge in [0.2, 0.25) is 0 Å². The van der Waals surface area contributed by atoms with Crippen LogP contribution in [0.15, 0.2) is 0 Å². The van der Waals surface area contributed by atoms with Gasteiger partial charge in [0.15, 0.2) is 0 Å². The van der Waals surface area contributed by atoms with Crippen LogP contribution in [0.3, 0.4) is 0 Å². The third-order valence-corrected chi connectivity index (χ3v) is 3.63. The average molecular weight is 225 g/mol. The second kappa shape index (κ2) is 5.04. The molecule has 2 N–H and O–H groups in total. The number of nitrogens with one attached hydrogen (secondary N) is 2. The summed E-state index contributed by atoms with van der Waals surface area (Å²) < 4.78 is 0. The van der Waals surface area contributed by atoms with E-state index in [0.717, 1.165) is 25.4 Å². The zero-order valence-corrected chi connectivity index (χ0v) is 10.3. The first-order valence-electron chi connectivity index (χ1n) is 6.49. The van der Waals surface area contributed by atoms with Gasteiger partial charge in [-0.05, 0) is 39.0 Å². The van der Waals surface area contributed by atoms with Crippen molar-refractivity contribution in [3.8, 4) is 0 Å². The lowest BCUT2D eigenvalue weighted by atomic mass is 10.1. The molecule has 0 radical (unpaired) electrons. The molecule has 4 nitrogen and oxygen atoms in total. The van der Waals surface area contributed by atoms with Gasteiger partial charge in [-0.1, -0.05) is 0 Å². The van der Waals surface area contributed by atoms with Crippen LogP contribution in [0.4, 0.5) is 4.79 Å². The van der Waals surface area contributed by atoms with Crippen LogP contribution in [0, 0.1) is 5.92 Å². The van der Waals surface area contributed by atoms with Gasteiger partial charge >= 0.3 is 6.03 Å². The van der Waals surface area contributed by atoms with Crippen molar-refractivity contribution in [2.75, 3.05) is 19.6 Å². The van der Waals surface area contributed by atoms with Gasteiger partial charge < -0.3 is 15.5 Å². The largest absolute Gasteiger partial charge is 0.338 e. The van der Waals surface area contributed by atoms with E-state index in [1.807, 2.05) is 11.8 Å². The van der Waals surface area contributed by atoms with Gasteiger partial charge in [-0.15, -0.1) is 0 Å². The molecule has 0 aromatic carbocycles. The minimum Gasteiger partial charge on any atom is -0.338 e. The van der Waals surface area contributed by atoms with Crippen molar-refractivity contribution in [3.63, 3.8) is 0 Å². The van der Waals surface area contributed by atoms with Crippen LogP contribution in [0.25, 0.3) is 0 Å². The molecule has 1 aliphatic heterocycles. The molecule has 1 saturated carbocycles. The summed E-state index contributed by atoms with van der Waals surface area (Å²) in [7, 11) is 0. The highest BCUT2D eigenvalue weighted by atomic mass is 16.2. The zero-order valence-electron chi connectivity index (χ0n) is 10.3. The van der Waals surface area contributed by atoms with Crippen molar-refractivity contribution >= 4 is 6.03 Å². The van der Waals surface area contributed by atoms with Crippen LogP contribution in [0.1, 0.15) is 33.1 Å². The Morgan fingerprint density at radius 2 is 2.19 bits per heavy atom. The molecule has 0 spiro atoms. The molecule has 0 bridgehead atoms. The quantitative estimate of drug-likeness (QED) is 0.754. The van der Waals surface area contributed by atoms with Crippen molar-refractivity contribution in [2.45, 2.75) is 45.2 Å². The number of nitrogens with zero attached hydrogens (tertiary/aromatic N) is 1. The van der Waals surface area contributed by atoms with E-state index in [4.69, 9.17) is 0 Å². The maximum Gasteiger partial charge on any atom is 0.317 e. The Kier molecular flexibility index (Phi) is 3.69. The summed E-state index contributed by atoms with van der Waals surface area (Å²) in [4.78, 5) is 13.5. The summed E-state index contributed by atoms with van der Waals surface area (Å²) in [5, 5.41) is 6.50. The molecule has 0 aromatic heterocycles. The SMILES string of the molecule is CCNC(=O)N1CCC(NC(C)C2CC2)C1. The maximum absolute atomic E-state index is 11.6. The highest BCUT2D eigenvalue weighted by Crippen LogP contribution is 2.32. The molecule has 2 aliphatic rings. The van der Waals surface area contributed by atoms with Gasteiger partial charge in [0.05, 0.1) is 0 Å². The fraction of sp³-hybridized carbons (Fsp3) is 0.917. The molecule has 2 fully saturated rings. The van der Waals surface area contributed by atoms with Gasteiger partial charge in [-0.25, -0.2) is 4.79 Å². The second-order valence-electron chi connectivity index (χ2n) is 5.06. The Morgan fingerprint density at radius 1 is 1.44 bits per heavy atom. The van der Waals surface area contributed by atoms with Crippen molar-refractivity contribution in [1.29, 1.82) is 0 Å². The zero-order chi connectivity index (χ0) is 11.5. The number of amides is 2. The molecule has 2 unspecified atom stereocenters. The number of hydrogen-bond donors (Lipinski definition) is 2. The topological polar surface area (TPSA) is 44.4 Å². The predicted molar refractivity (Wildman–Crippen MR) is 64.4 cm³/mol. The standard InChI is InChI=1S/C12H23N3O/c1-3-13-12(16)15-7-6-11(8-15)14-9(2)10-4-5-10/h9-11,14H,3-8H2,1-2H3,(H,13,16). The van der Waals surface area contributed by atoms with Gasteiger partial charge in [0.1, 0.15) is 0 Å². The maximum atomic E-state index is 11.6. The van der Waals surface area contributed by atoms with Crippen LogP contribution in [0.2, 0.25) is 0 Å². The highest BCUT2D eigenvalue weighted by Gasteiger charge is 2.32. The molecule has 2 amide bonds. The number of carbonyl (C=O) groups excluding carboxylic acids is 1. The van der Waals surface area contributed by atoms with Crippen molar-refractivity contribution in [2.24, 2.45) is 5.92 Å². The summed E-state index contributed by atoms with van der Waals surface area (Å²) in [6, 6.07) is 1.21. The fourth-order valence-corrected chi connectivity index (χ4v) is 2.45. The Balaban J connectivity index is 1.72. The number of urea groups is 1. The summed E-state index contributed by atoms with van der Waals surface area (Å²) in [6.07, 6.45) is 3.84. The van der Waals surface area contributed by atoms with Crippen LogP contribution in [-0.2, 0) is 0 Å². The van der Waals surface area contributed by atoms with E-state index in [-0.39, 0.29) is 6.03 Å². The smallest absolute Gasteiger partial charge is 0.317 e. The average Bonchev–Trinajstić information content (AvgIpc) is 3.00. The van der Waals surface area contributed by atoms with Crippen molar-refractivity contribution in [1.82, 2.24) is 15.5 Å². The second-order valence-corrected chi connectivity index (χ2v) is 5.06. The molecular formula is C12H23N3O. The minimum atomic E-state index is 0.0888. The lowest BCUT2D eigenvalue weighted by molar-refractivity contribution is 0.208. The van der Waals surface area contributed by atoms with Crippen LogP contribution < -0.4 is 10.6 Å². The summed E-state index contributed by atoms with van der Waals surface area (Å²) in [5.74, 6) is 0.888. The number of likely N-dealkylation sites (tertiary alicyclic amines) is 1. The molecule has 16 heavy (non-hydrogen) atoms. The Labute approximate surface area is 97.8 Å². The van der Waals surface area contributed by atoms with E-state index < -0.39 is 0 Å². The normalized spacial score (nSPS) is 26.9.